The molecule has 1 rings (SSSR count). The summed E-state index contributed by atoms with van der Waals surface area (Å²) in [4.78, 5) is 0. The molecule has 74 valence electrons. The van der Waals surface area contributed by atoms with Gasteiger partial charge in [-0.2, -0.15) is 5.10 Å². The van der Waals surface area contributed by atoms with Crippen LogP contribution < -0.4 is 0 Å². The Labute approximate surface area is 85.3 Å². The highest BCUT2D eigenvalue weighted by Crippen LogP contribution is 2.14. The Bertz CT molecular complexity index is 381. The highest BCUT2D eigenvalue weighted by atomic mass is 15.2. The van der Waals surface area contributed by atoms with Crippen LogP contribution in [0.2, 0.25) is 0 Å². The molecule has 0 aliphatic carbocycles. The normalized spacial score (nSPS) is 12.4. The maximum Gasteiger partial charge on any atom is 0.0564 e. The topological polar surface area (TPSA) is 17.8 Å². The van der Waals surface area contributed by atoms with Crippen molar-refractivity contribution in [2.75, 3.05) is 0 Å². The smallest absolute Gasteiger partial charge is 0.0564 e. The number of nitrogens with zero attached hydrogens (tertiary/aromatic N) is 2. The molecule has 1 aromatic rings. The average molecular weight is 188 g/mol. The van der Waals surface area contributed by atoms with Gasteiger partial charge in [0.1, 0.15) is 0 Å². The molecule has 0 atom stereocenters. The Morgan fingerprint density at radius 1 is 1.57 bits per heavy atom. The maximum absolute atomic E-state index is 4.12. The van der Waals surface area contributed by atoms with E-state index in [1.807, 2.05) is 38.5 Å². The Kier molecular flexibility index (Phi) is 3.46. The summed E-state index contributed by atoms with van der Waals surface area (Å²) in [7, 11) is 1.91. The summed E-state index contributed by atoms with van der Waals surface area (Å²) < 4.78 is 1.80. The minimum absolute atomic E-state index is 1.01. The van der Waals surface area contributed by atoms with Crippen molar-refractivity contribution in [3.05, 3.63) is 48.3 Å². The molecule has 1 aromatic heterocycles. The van der Waals surface area contributed by atoms with Gasteiger partial charge in [0.05, 0.1) is 6.20 Å². The van der Waals surface area contributed by atoms with Gasteiger partial charge in [-0.15, -0.1) is 0 Å². The van der Waals surface area contributed by atoms with Gasteiger partial charge in [-0.05, 0) is 25.0 Å². The van der Waals surface area contributed by atoms with Gasteiger partial charge in [0.2, 0.25) is 0 Å². The molecule has 0 radical (unpaired) electrons. The Morgan fingerprint density at radius 3 is 2.79 bits per heavy atom. The lowest BCUT2D eigenvalue weighted by atomic mass is 10.1. The molecule has 0 spiro atoms. The summed E-state index contributed by atoms with van der Waals surface area (Å²) in [6.07, 6.45) is 9.87. The zero-order valence-electron chi connectivity index (χ0n) is 8.99. The van der Waals surface area contributed by atoms with Gasteiger partial charge in [0.15, 0.2) is 0 Å². The fourth-order valence-electron chi connectivity index (χ4n) is 1.25. The van der Waals surface area contributed by atoms with Crippen LogP contribution in [0.3, 0.4) is 0 Å². The summed E-state index contributed by atoms with van der Waals surface area (Å²) in [6, 6.07) is 0. The molecule has 0 N–H and O–H groups in total. The third-order valence-electron chi connectivity index (χ3n) is 1.94. The first kappa shape index (κ1) is 10.5. The third-order valence-corrected chi connectivity index (χ3v) is 1.94. The van der Waals surface area contributed by atoms with Gasteiger partial charge in [0.25, 0.3) is 0 Å². The van der Waals surface area contributed by atoms with Crippen LogP contribution in [-0.4, -0.2) is 9.78 Å². The van der Waals surface area contributed by atoms with Gasteiger partial charge in [-0.25, -0.2) is 0 Å². The molecule has 2 heteroatoms. The lowest BCUT2D eigenvalue weighted by Crippen LogP contribution is -1.84. The molecule has 0 aliphatic rings. The predicted molar refractivity (Wildman–Crippen MR) is 60.8 cm³/mol. The van der Waals surface area contributed by atoms with E-state index in [9.17, 15) is 0 Å². The van der Waals surface area contributed by atoms with Crippen LogP contribution in [0.15, 0.2) is 42.8 Å². The number of hydrogen-bond donors (Lipinski definition) is 0. The summed E-state index contributed by atoms with van der Waals surface area (Å²) >= 11 is 0. The second kappa shape index (κ2) is 4.61. The van der Waals surface area contributed by atoms with Crippen LogP contribution in [0.4, 0.5) is 0 Å². The molecule has 0 unspecified atom stereocenters. The number of hydrogen-bond acceptors (Lipinski definition) is 1. The highest BCUT2D eigenvalue weighted by Gasteiger charge is 1.97. The number of aromatic nitrogens is 2. The molecule has 0 saturated carbocycles. The zero-order valence-corrected chi connectivity index (χ0v) is 8.99. The molecular weight excluding hydrogens is 172 g/mol. The van der Waals surface area contributed by atoms with Crippen molar-refractivity contribution in [2.45, 2.75) is 13.8 Å². The van der Waals surface area contributed by atoms with Crippen molar-refractivity contribution in [3.8, 4) is 0 Å². The highest BCUT2D eigenvalue weighted by molar-refractivity contribution is 5.66. The molecule has 0 bridgehead atoms. The van der Waals surface area contributed by atoms with Gasteiger partial charge in [-0.3, -0.25) is 4.68 Å². The van der Waals surface area contributed by atoms with Crippen LogP contribution in [0.1, 0.15) is 19.4 Å². The van der Waals surface area contributed by atoms with Crippen LogP contribution in [0.25, 0.3) is 5.57 Å². The van der Waals surface area contributed by atoms with Crippen molar-refractivity contribution in [1.29, 1.82) is 0 Å². The number of allylic oxidation sites excluding steroid dienone is 5. The van der Waals surface area contributed by atoms with E-state index in [1.54, 1.807) is 4.68 Å². The molecule has 0 fully saturated rings. The van der Waals surface area contributed by atoms with E-state index < -0.39 is 0 Å². The Hall–Kier alpha value is -1.57. The molecule has 14 heavy (non-hydrogen) atoms. The van der Waals surface area contributed by atoms with Crippen LogP contribution in [0.5, 0.6) is 0 Å². The SMILES string of the molecule is C=C(C=CC)C=C(C)c1cnn(C)c1. The van der Waals surface area contributed by atoms with Crippen molar-refractivity contribution in [3.63, 3.8) is 0 Å². The van der Waals surface area contributed by atoms with E-state index in [0.29, 0.717) is 0 Å². The molecule has 2 nitrogen and oxygen atoms in total. The largest absolute Gasteiger partial charge is 0.275 e. The van der Waals surface area contributed by atoms with Gasteiger partial charge < -0.3 is 0 Å². The van der Waals surface area contributed by atoms with Crippen molar-refractivity contribution in [1.82, 2.24) is 9.78 Å². The second-order valence-electron chi connectivity index (χ2n) is 3.30. The van der Waals surface area contributed by atoms with Crippen molar-refractivity contribution in [2.24, 2.45) is 7.05 Å². The molecule has 0 aliphatic heterocycles. The molecular formula is C12H16N2. The van der Waals surface area contributed by atoms with E-state index in [4.69, 9.17) is 0 Å². The third kappa shape index (κ3) is 2.73. The van der Waals surface area contributed by atoms with Crippen LogP contribution >= 0.6 is 0 Å². The summed E-state index contributed by atoms with van der Waals surface area (Å²) in [6.45, 7) is 7.97. The van der Waals surface area contributed by atoms with Crippen LogP contribution in [-0.2, 0) is 7.05 Å². The molecule has 0 amide bonds. The zero-order chi connectivity index (χ0) is 10.6. The first-order valence-electron chi connectivity index (χ1n) is 4.62. The summed E-state index contributed by atoms with van der Waals surface area (Å²) in [5, 5.41) is 4.12. The van der Waals surface area contributed by atoms with E-state index in [1.165, 1.54) is 5.57 Å². The number of rotatable bonds is 3. The number of aryl methyl sites for hydroxylation is 1. The molecule has 0 saturated heterocycles. The first-order chi connectivity index (χ1) is 6.63. The fraction of sp³-hybridized carbons (Fsp3) is 0.250. The minimum atomic E-state index is 1.01. The maximum atomic E-state index is 4.12. The van der Waals surface area contributed by atoms with Crippen molar-refractivity contribution < 1.29 is 0 Å². The van der Waals surface area contributed by atoms with E-state index in [2.05, 4.69) is 24.7 Å². The minimum Gasteiger partial charge on any atom is -0.275 e. The lowest BCUT2D eigenvalue weighted by Gasteiger charge is -1.96. The van der Waals surface area contributed by atoms with Gasteiger partial charge in [0, 0.05) is 18.8 Å². The lowest BCUT2D eigenvalue weighted by molar-refractivity contribution is 0.767. The molecule has 0 aromatic carbocycles. The van der Waals surface area contributed by atoms with E-state index in [0.717, 1.165) is 11.1 Å². The van der Waals surface area contributed by atoms with Crippen molar-refractivity contribution >= 4 is 5.57 Å². The van der Waals surface area contributed by atoms with E-state index in [-0.39, 0.29) is 0 Å². The monoisotopic (exact) mass is 188 g/mol. The first-order valence-corrected chi connectivity index (χ1v) is 4.62. The Morgan fingerprint density at radius 2 is 2.29 bits per heavy atom. The van der Waals surface area contributed by atoms with E-state index >= 15 is 0 Å². The molecule has 1 heterocycles. The van der Waals surface area contributed by atoms with Gasteiger partial charge in [-0.1, -0.05) is 24.8 Å². The van der Waals surface area contributed by atoms with Gasteiger partial charge >= 0.3 is 0 Å². The predicted octanol–water partition coefficient (Wildman–Crippen LogP) is 2.96. The second-order valence-corrected chi connectivity index (χ2v) is 3.30. The summed E-state index contributed by atoms with van der Waals surface area (Å²) in [5.41, 5.74) is 3.33. The Balaban J connectivity index is 2.84. The standard InChI is InChI=1S/C12H16N2/c1-5-6-10(2)7-11(3)12-8-13-14(4)9-12/h5-9H,2H2,1,3-4H3. The average Bonchev–Trinajstić information content (AvgIpc) is 2.52. The van der Waals surface area contributed by atoms with Crippen LogP contribution in [0, 0.1) is 0 Å². The fourth-order valence-corrected chi connectivity index (χ4v) is 1.25. The quantitative estimate of drug-likeness (QED) is 0.667. The summed E-state index contributed by atoms with van der Waals surface area (Å²) in [5.74, 6) is 0.